The molecule has 1 saturated carbocycles. The van der Waals surface area contributed by atoms with Crippen LogP contribution in [0.2, 0.25) is 0 Å². The second-order valence-corrected chi connectivity index (χ2v) is 4.55. The van der Waals surface area contributed by atoms with Gasteiger partial charge in [-0.3, -0.25) is 0 Å². The summed E-state index contributed by atoms with van der Waals surface area (Å²) in [4.78, 5) is 11.4. The normalized spacial score (nSPS) is 16.8. The van der Waals surface area contributed by atoms with Gasteiger partial charge >= 0.3 is 12.1 Å². The number of carbonyl (C=O) groups is 1. The molecule has 0 heterocycles. The first-order chi connectivity index (χ1) is 8.89. The lowest BCUT2D eigenvalue weighted by atomic mass is 10.1. The van der Waals surface area contributed by atoms with Gasteiger partial charge in [-0.1, -0.05) is 12.1 Å². The summed E-state index contributed by atoms with van der Waals surface area (Å²) in [5.41, 5.74) is -1.63. The van der Waals surface area contributed by atoms with Crippen LogP contribution in [0.5, 0.6) is 5.75 Å². The van der Waals surface area contributed by atoms with Crippen LogP contribution in [0, 0.1) is 5.41 Å². The van der Waals surface area contributed by atoms with E-state index >= 15 is 0 Å². The maximum absolute atomic E-state index is 12.8. The molecule has 0 aromatic heterocycles. The molecule has 0 radical (unpaired) electrons. The van der Waals surface area contributed by atoms with Gasteiger partial charge in [-0.15, -0.1) is 0 Å². The molecule has 1 aromatic carbocycles. The number of esters is 1. The first-order valence-corrected chi connectivity index (χ1v) is 5.76. The van der Waals surface area contributed by atoms with E-state index in [1.807, 2.05) is 0 Å². The third-order valence-electron chi connectivity index (χ3n) is 3.25. The first kappa shape index (κ1) is 13.7. The van der Waals surface area contributed by atoms with Crippen molar-refractivity contribution in [2.75, 3.05) is 13.7 Å². The van der Waals surface area contributed by atoms with Crippen LogP contribution in [0.1, 0.15) is 23.2 Å². The number of rotatable bonds is 4. The molecular formula is C13H13F3O3. The van der Waals surface area contributed by atoms with E-state index in [0.717, 1.165) is 0 Å². The lowest BCUT2D eigenvalue weighted by Crippen LogP contribution is -2.30. The number of carbonyl (C=O) groups excluding carboxylic acids is 1. The molecule has 1 aliphatic carbocycles. The zero-order valence-electron chi connectivity index (χ0n) is 10.3. The van der Waals surface area contributed by atoms with E-state index in [9.17, 15) is 18.0 Å². The molecule has 0 bridgehead atoms. The van der Waals surface area contributed by atoms with Gasteiger partial charge in [0.1, 0.15) is 23.3 Å². The molecule has 0 unspecified atom stereocenters. The minimum Gasteiger partial charge on any atom is -0.492 e. The van der Waals surface area contributed by atoms with Gasteiger partial charge < -0.3 is 9.47 Å². The molecule has 1 aromatic rings. The van der Waals surface area contributed by atoms with Crippen LogP contribution in [0.25, 0.3) is 0 Å². The van der Waals surface area contributed by atoms with Crippen molar-refractivity contribution in [2.45, 2.75) is 19.0 Å². The molecule has 0 saturated heterocycles. The summed E-state index contributed by atoms with van der Waals surface area (Å²) in [6.07, 6.45) is -4.14. The summed E-state index contributed by atoms with van der Waals surface area (Å²) in [6.45, 7) is -0.468. The third kappa shape index (κ3) is 2.67. The van der Waals surface area contributed by atoms with Gasteiger partial charge in [-0.25, -0.2) is 4.79 Å². The molecule has 104 valence electrons. The molecule has 6 heteroatoms. The van der Waals surface area contributed by atoms with E-state index < -0.39 is 24.2 Å². The smallest absolute Gasteiger partial charge is 0.397 e. The van der Waals surface area contributed by atoms with Gasteiger partial charge in [-0.05, 0) is 25.0 Å². The molecule has 0 spiro atoms. The maximum atomic E-state index is 12.8. The van der Waals surface area contributed by atoms with Crippen molar-refractivity contribution in [1.29, 1.82) is 0 Å². The number of ether oxygens (including phenoxy) is 2. The number of alkyl halides is 3. The van der Waals surface area contributed by atoms with Gasteiger partial charge in [0.25, 0.3) is 0 Å². The largest absolute Gasteiger partial charge is 0.492 e. The van der Waals surface area contributed by atoms with Crippen LogP contribution in [-0.2, 0) is 4.74 Å². The van der Waals surface area contributed by atoms with Crippen LogP contribution in [-0.4, -0.2) is 25.9 Å². The Kier molecular flexibility index (Phi) is 3.43. The van der Waals surface area contributed by atoms with E-state index in [0.29, 0.717) is 0 Å². The molecular weight excluding hydrogens is 261 g/mol. The molecule has 0 N–H and O–H groups in total. The predicted molar refractivity (Wildman–Crippen MR) is 61.0 cm³/mol. The van der Waals surface area contributed by atoms with E-state index in [1.54, 1.807) is 12.1 Å². The van der Waals surface area contributed by atoms with Crippen LogP contribution in [0.3, 0.4) is 0 Å². The Hall–Kier alpha value is -1.72. The molecule has 0 atom stereocenters. The highest BCUT2D eigenvalue weighted by Crippen LogP contribution is 2.57. The Bertz CT molecular complexity index is 478. The van der Waals surface area contributed by atoms with Crippen molar-refractivity contribution < 1.29 is 27.4 Å². The lowest BCUT2D eigenvalue weighted by molar-refractivity contribution is -0.194. The predicted octanol–water partition coefficient (Wildman–Crippen LogP) is 3.19. The number of halogens is 3. The van der Waals surface area contributed by atoms with E-state index in [2.05, 4.69) is 4.74 Å². The van der Waals surface area contributed by atoms with Crippen molar-refractivity contribution in [3.05, 3.63) is 29.8 Å². The van der Waals surface area contributed by atoms with Crippen molar-refractivity contribution in [1.82, 2.24) is 0 Å². The van der Waals surface area contributed by atoms with E-state index in [1.165, 1.54) is 19.2 Å². The van der Waals surface area contributed by atoms with Crippen LogP contribution in [0.4, 0.5) is 13.2 Å². The molecule has 1 aliphatic rings. The Morgan fingerprint density at radius 2 is 1.95 bits per heavy atom. The van der Waals surface area contributed by atoms with Crippen molar-refractivity contribution in [3.63, 3.8) is 0 Å². The lowest BCUT2D eigenvalue weighted by Gasteiger charge is -2.20. The number of hydrogen-bond donors (Lipinski definition) is 0. The van der Waals surface area contributed by atoms with Gasteiger partial charge in [0, 0.05) is 0 Å². The number of benzene rings is 1. The first-order valence-electron chi connectivity index (χ1n) is 5.76. The summed E-state index contributed by atoms with van der Waals surface area (Å²) in [7, 11) is 1.21. The Balaban J connectivity index is 2.11. The highest BCUT2D eigenvalue weighted by atomic mass is 19.4. The van der Waals surface area contributed by atoms with Crippen LogP contribution < -0.4 is 4.74 Å². The van der Waals surface area contributed by atoms with Crippen LogP contribution in [0.15, 0.2) is 24.3 Å². The van der Waals surface area contributed by atoms with Crippen molar-refractivity contribution in [2.24, 2.45) is 5.41 Å². The number of methoxy groups -OCH3 is 1. The third-order valence-corrected chi connectivity index (χ3v) is 3.25. The highest BCUT2D eigenvalue weighted by Gasteiger charge is 2.63. The van der Waals surface area contributed by atoms with Gasteiger partial charge in [0.15, 0.2) is 0 Å². The van der Waals surface area contributed by atoms with Gasteiger partial charge in [0.05, 0.1) is 7.11 Å². The molecule has 2 rings (SSSR count). The monoisotopic (exact) mass is 274 g/mol. The topological polar surface area (TPSA) is 35.5 Å². The summed E-state index contributed by atoms with van der Waals surface area (Å²) in [5, 5.41) is 0. The molecule has 19 heavy (non-hydrogen) atoms. The Labute approximate surface area is 108 Å². The number of para-hydroxylation sites is 1. The molecule has 1 fully saturated rings. The second-order valence-electron chi connectivity index (χ2n) is 4.55. The fourth-order valence-corrected chi connectivity index (χ4v) is 1.75. The van der Waals surface area contributed by atoms with Crippen molar-refractivity contribution in [3.8, 4) is 5.75 Å². The quantitative estimate of drug-likeness (QED) is 0.791. The summed E-state index contributed by atoms with van der Waals surface area (Å²) in [5.74, 6) is -0.516. The Morgan fingerprint density at radius 3 is 2.47 bits per heavy atom. The zero-order valence-corrected chi connectivity index (χ0v) is 10.3. The van der Waals surface area contributed by atoms with Crippen molar-refractivity contribution >= 4 is 5.97 Å². The summed E-state index contributed by atoms with van der Waals surface area (Å²) < 4.78 is 48.0. The SMILES string of the molecule is COC(=O)c1ccccc1OCC1(C(F)(F)F)CC1. The molecule has 3 nitrogen and oxygen atoms in total. The van der Waals surface area contributed by atoms with E-state index in [4.69, 9.17) is 4.74 Å². The number of hydrogen-bond acceptors (Lipinski definition) is 3. The van der Waals surface area contributed by atoms with Gasteiger partial charge in [-0.2, -0.15) is 13.2 Å². The standard InChI is InChI=1S/C13H13F3O3/c1-18-11(17)9-4-2-3-5-10(9)19-8-12(6-7-12)13(14,15)16/h2-5H,6-8H2,1H3. The summed E-state index contributed by atoms with van der Waals surface area (Å²) in [6, 6.07) is 6.09. The molecule has 0 amide bonds. The van der Waals surface area contributed by atoms with E-state index in [-0.39, 0.29) is 24.2 Å². The van der Waals surface area contributed by atoms with Gasteiger partial charge in [0.2, 0.25) is 0 Å². The highest BCUT2D eigenvalue weighted by molar-refractivity contribution is 5.92. The minimum absolute atomic E-state index is 0.0664. The summed E-state index contributed by atoms with van der Waals surface area (Å²) >= 11 is 0. The average Bonchev–Trinajstić information content (AvgIpc) is 3.16. The average molecular weight is 274 g/mol. The minimum atomic E-state index is -4.27. The maximum Gasteiger partial charge on any atom is 0.397 e. The zero-order chi connectivity index (χ0) is 14.1. The Morgan fingerprint density at radius 1 is 1.32 bits per heavy atom. The molecule has 0 aliphatic heterocycles. The fourth-order valence-electron chi connectivity index (χ4n) is 1.75. The second kappa shape index (κ2) is 4.75. The fraction of sp³-hybridized carbons (Fsp3) is 0.462. The van der Waals surface area contributed by atoms with Crippen LogP contribution >= 0.6 is 0 Å².